The first-order valence-electron chi connectivity index (χ1n) is 10.7. The number of methoxy groups -OCH3 is 1. The van der Waals surface area contributed by atoms with Crippen LogP contribution in [0.1, 0.15) is 37.3 Å². The maximum Gasteiger partial charge on any atom is 0.322 e. The monoisotopic (exact) mass is 409 g/mol. The number of ether oxygens (including phenoxy) is 1. The fraction of sp³-hybridized carbons (Fsp3) is 0.417. The number of anilines is 1. The summed E-state index contributed by atoms with van der Waals surface area (Å²) in [6.45, 7) is 4.56. The van der Waals surface area contributed by atoms with E-state index in [1.807, 2.05) is 60.4 Å². The summed E-state index contributed by atoms with van der Waals surface area (Å²) in [6.07, 6.45) is 3.79. The lowest BCUT2D eigenvalue weighted by Gasteiger charge is -2.27. The summed E-state index contributed by atoms with van der Waals surface area (Å²) in [5.41, 5.74) is 2.67. The molecule has 6 heteroatoms. The third-order valence-corrected chi connectivity index (χ3v) is 5.41. The zero-order valence-corrected chi connectivity index (χ0v) is 17.9. The van der Waals surface area contributed by atoms with Gasteiger partial charge in [-0.05, 0) is 49.9 Å². The number of hydrogen-bond donors (Lipinski definition) is 1. The van der Waals surface area contributed by atoms with Gasteiger partial charge in [0, 0.05) is 30.9 Å². The van der Waals surface area contributed by atoms with Gasteiger partial charge in [-0.2, -0.15) is 0 Å². The Hall–Kier alpha value is -3.02. The summed E-state index contributed by atoms with van der Waals surface area (Å²) in [5, 5.41) is 2.88. The van der Waals surface area contributed by atoms with Gasteiger partial charge in [0.1, 0.15) is 5.75 Å². The van der Waals surface area contributed by atoms with Gasteiger partial charge in [-0.25, -0.2) is 4.79 Å². The molecule has 3 rings (SSSR count). The van der Waals surface area contributed by atoms with Crippen molar-refractivity contribution in [3.8, 4) is 5.75 Å². The van der Waals surface area contributed by atoms with Crippen LogP contribution in [0.2, 0.25) is 0 Å². The van der Waals surface area contributed by atoms with Gasteiger partial charge < -0.3 is 15.0 Å². The largest absolute Gasteiger partial charge is 0.496 e. The Morgan fingerprint density at radius 1 is 1.03 bits per heavy atom. The molecule has 0 aliphatic carbocycles. The maximum atomic E-state index is 12.7. The molecule has 2 aromatic rings. The lowest BCUT2D eigenvalue weighted by molar-refractivity contribution is -0.131. The van der Waals surface area contributed by atoms with E-state index < -0.39 is 0 Å². The Labute approximate surface area is 178 Å². The third-order valence-electron chi connectivity index (χ3n) is 5.41. The first-order valence-corrected chi connectivity index (χ1v) is 10.7. The second-order valence-electron chi connectivity index (χ2n) is 7.52. The molecular weight excluding hydrogens is 378 g/mol. The number of likely N-dealkylation sites (tertiary alicyclic amines) is 1. The van der Waals surface area contributed by atoms with Crippen molar-refractivity contribution in [2.24, 2.45) is 0 Å². The molecule has 0 spiro atoms. The fourth-order valence-corrected chi connectivity index (χ4v) is 3.75. The number of nitrogens with one attached hydrogen (secondary N) is 1. The molecule has 6 nitrogen and oxygen atoms in total. The van der Waals surface area contributed by atoms with Gasteiger partial charge in [-0.1, -0.05) is 30.3 Å². The van der Waals surface area contributed by atoms with Crippen LogP contribution in [-0.2, 0) is 17.8 Å². The van der Waals surface area contributed by atoms with Crippen LogP contribution in [0.4, 0.5) is 10.5 Å². The highest BCUT2D eigenvalue weighted by molar-refractivity contribution is 5.92. The van der Waals surface area contributed by atoms with Crippen LogP contribution in [0, 0.1) is 0 Å². The van der Waals surface area contributed by atoms with E-state index in [0.717, 1.165) is 48.5 Å². The molecule has 30 heavy (non-hydrogen) atoms. The summed E-state index contributed by atoms with van der Waals surface area (Å²) in [7, 11) is 1.63. The second-order valence-corrected chi connectivity index (χ2v) is 7.52. The van der Waals surface area contributed by atoms with Crippen LogP contribution in [0.3, 0.4) is 0 Å². The molecule has 1 N–H and O–H groups in total. The van der Waals surface area contributed by atoms with Gasteiger partial charge in [0.15, 0.2) is 0 Å². The van der Waals surface area contributed by atoms with Crippen LogP contribution in [0.15, 0.2) is 48.5 Å². The summed E-state index contributed by atoms with van der Waals surface area (Å²) >= 11 is 0. The normalized spacial score (nSPS) is 13.6. The van der Waals surface area contributed by atoms with Crippen molar-refractivity contribution >= 4 is 17.6 Å². The van der Waals surface area contributed by atoms with Gasteiger partial charge in [-0.15, -0.1) is 0 Å². The molecule has 3 amide bonds. The van der Waals surface area contributed by atoms with E-state index in [1.54, 1.807) is 12.0 Å². The summed E-state index contributed by atoms with van der Waals surface area (Å²) in [4.78, 5) is 28.9. The van der Waals surface area contributed by atoms with Gasteiger partial charge in [-0.3, -0.25) is 9.69 Å². The maximum absolute atomic E-state index is 12.7. The number of rotatable bonds is 7. The van der Waals surface area contributed by atoms with E-state index in [9.17, 15) is 9.59 Å². The Bertz CT molecular complexity index is 845. The molecule has 0 saturated carbocycles. The van der Waals surface area contributed by atoms with Crippen molar-refractivity contribution in [2.45, 2.75) is 39.2 Å². The molecule has 0 bridgehead atoms. The molecule has 1 aliphatic rings. The first kappa shape index (κ1) is 21.7. The van der Waals surface area contributed by atoms with Gasteiger partial charge in [0.2, 0.25) is 5.91 Å². The molecule has 0 radical (unpaired) electrons. The molecule has 160 valence electrons. The predicted octanol–water partition coefficient (Wildman–Crippen LogP) is 3.99. The zero-order chi connectivity index (χ0) is 21.3. The number of nitrogens with zero attached hydrogens (tertiary/aromatic N) is 2. The zero-order valence-electron chi connectivity index (χ0n) is 17.9. The molecule has 0 aromatic heterocycles. The molecule has 1 fully saturated rings. The number of piperidine rings is 1. The number of benzene rings is 2. The van der Waals surface area contributed by atoms with Crippen molar-refractivity contribution in [1.82, 2.24) is 10.2 Å². The number of para-hydroxylation sites is 1. The van der Waals surface area contributed by atoms with E-state index in [1.165, 1.54) is 6.42 Å². The van der Waals surface area contributed by atoms with Crippen LogP contribution in [0.5, 0.6) is 5.75 Å². The van der Waals surface area contributed by atoms with Crippen molar-refractivity contribution in [3.05, 3.63) is 59.7 Å². The Morgan fingerprint density at radius 2 is 1.73 bits per heavy atom. The lowest BCUT2D eigenvalue weighted by atomic mass is 10.1. The molecule has 2 aromatic carbocycles. The highest BCUT2D eigenvalue weighted by Gasteiger charge is 2.19. The third kappa shape index (κ3) is 5.53. The van der Waals surface area contributed by atoms with Crippen molar-refractivity contribution in [2.75, 3.05) is 31.6 Å². The molecule has 0 unspecified atom stereocenters. The lowest BCUT2D eigenvalue weighted by Crippen LogP contribution is -2.39. The first-order chi connectivity index (χ1) is 14.6. The second kappa shape index (κ2) is 10.7. The van der Waals surface area contributed by atoms with E-state index in [-0.39, 0.29) is 11.9 Å². The van der Waals surface area contributed by atoms with Gasteiger partial charge >= 0.3 is 6.03 Å². The minimum atomic E-state index is -0.166. The Morgan fingerprint density at radius 3 is 2.40 bits per heavy atom. The van der Waals surface area contributed by atoms with E-state index in [2.05, 4.69) is 5.32 Å². The van der Waals surface area contributed by atoms with Crippen LogP contribution in [-0.4, -0.2) is 43.6 Å². The number of urea groups is 1. The number of carbonyl (C=O) groups excluding carboxylic acids is 2. The van der Waals surface area contributed by atoms with Gasteiger partial charge in [0.05, 0.1) is 20.1 Å². The highest BCUT2D eigenvalue weighted by Crippen LogP contribution is 2.24. The average molecular weight is 410 g/mol. The molecular formula is C24H31N3O3. The summed E-state index contributed by atoms with van der Waals surface area (Å²) < 4.78 is 5.44. The van der Waals surface area contributed by atoms with E-state index >= 15 is 0 Å². The number of hydrogen-bond acceptors (Lipinski definition) is 3. The van der Waals surface area contributed by atoms with Crippen LogP contribution in [0.25, 0.3) is 0 Å². The Balaban J connectivity index is 1.74. The SMILES string of the molecule is CCNC(=O)N(Cc1ccccc1OC)c1ccc(CC(=O)N2CCCCC2)cc1. The van der Waals surface area contributed by atoms with Gasteiger partial charge in [0.25, 0.3) is 0 Å². The average Bonchev–Trinajstić information content (AvgIpc) is 2.79. The molecule has 1 saturated heterocycles. The minimum Gasteiger partial charge on any atom is -0.496 e. The molecule has 0 atom stereocenters. The van der Waals surface area contributed by atoms with Crippen molar-refractivity contribution in [3.63, 3.8) is 0 Å². The number of amides is 3. The van der Waals surface area contributed by atoms with Crippen molar-refractivity contribution < 1.29 is 14.3 Å². The fourth-order valence-electron chi connectivity index (χ4n) is 3.75. The van der Waals surface area contributed by atoms with E-state index in [4.69, 9.17) is 4.74 Å². The predicted molar refractivity (Wildman–Crippen MR) is 119 cm³/mol. The summed E-state index contributed by atoms with van der Waals surface area (Å²) in [5.74, 6) is 0.924. The highest BCUT2D eigenvalue weighted by atomic mass is 16.5. The standard InChI is InChI=1S/C24H31N3O3/c1-3-25-24(29)27(18-20-9-5-6-10-22(20)30-2)21-13-11-19(12-14-21)17-23(28)26-15-7-4-8-16-26/h5-6,9-14H,3-4,7-8,15-18H2,1-2H3,(H,25,29). The molecule has 1 heterocycles. The number of carbonyl (C=O) groups is 2. The quantitative estimate of drug-likeness (QED) is 0.752. The minimum absolute atomic E-state index is 0.166. The summed E-state index contributed by atoms with van der Waals surface area (Å²) in [6, 6.07) is 15.2. The molecule has 1 aliphatic heterocycles. The van der Waals surface area contributed by atoms with Crippen LogP contribution >= 0.6 is 0 Å². The van der Waals surface area contributed by atoms with Crippen LogP contribution < -0.4 is 15.0 Å². The Kier molecular flexibility index (Phi) is 7.71. The topological polar surface area (TPSA) is 61.9 Å². The van der Waals surface area contributed by atoms with E-state index in [0.29, 0.717) is 19.5 Å². The van der Waals surface area contributed by atoms with Crippen molar-refractivity contribution in [1.29, 1.82) is 0 Å². The smallest absolute Gasteiger partial charge is 0.322 e.